The van der Waals surface area contributed by atoms with Gasteiger partial charge in [-0.25, -0.2) is 30.7 Å². The Balaban J connectivity index is 1.67. The fourth-order valence-electron chi connectivity index (χ4n) is 4.41. The number of halogens is 12. The van der Waals surface area contributed by atoms with Crippen LogP contribution in [0, 0.1) is 40.7 Å². The molecule has 0 bridgehead atoms. The van der Waals surface area contributed by atoms with Crippen molar-refractivity contribution >= 4 is 0 Å². The second kappa shape index (κ2) is 11.8. The Bertz CT molecular complexity index is 1610. The molecule has 0 spiro atoms. The molecule has 0 unspecified atom stereocenters. The van der Waals surface area contributed by atoms with Gasteiger partial charge in [0.15, 0.2) is 0 Å². The summed E-state index contributed by atoms with van der Waals surface area (Å²) in [6.45, 7) is 1.94. The summed E-state index contributed by atoms with van der Waals surface area (Å²) >= 11 is 0. The van der Waals surface area contributed by atoms with Gasteiger partial charge in [-0.3, -0.25) is 0 Å². The van der Waals surface area contributed by atoms with Crippen molar-refractivity contribution in [2.75, 3.05) is 0 Å². The Morgan fingerprint density at radius 2 is 1.09 bits per heavy atom. The van der Waals surface area contributed by atoms with Gasteiger partial charge in [-0.1, -0.05) is 25.5 Å². The molecule has 0 fully saturated rings. The van der Waals surface area contributed by atoms with Crippen LogP contribution in [0.4, 0.5) is 52.7 Å². The van der Waals surface area contributed by atoms with E-state index in [-0.39, 0.29) is 35.4 Å². The molecule has 0 saturated carbocycles. The van der Waals surface area contributed by atoms with Gasteiger partial charge in [-0.15, -0.1) is 0 Å². The molecular weight excluding hydrogens is 604 g/mol. The minimum absolute atomic E-state index is 0.119. The molecule has 4 aromatic carbocycles. The van der Waals surface area contributed by atoms with Crippen molar-refractivity contribution < 1.29 is 57.4 Å². The molecule has 13 heteroatoms. The van der Waals surface area contributed by atoms with Gasteiger partial charge < -0.3 is 4.74 Å². The van der Waals surface area contributed by atoms with E-state index in [9.17, 15) is 43.9 Å². The number of unbranched alkanes of at least 4 members (excludes halogenated alkanes) is 1. The van der Waals surface area contributed by atoms with E-state index >= 15 is 8.78 Å². The normalized spacial score (nSPS) is 12.1. The average molecular weight is 622 g/mol. The largest absolute Gasteiger partial charge is 0.432 e. The molecule has 0 N–H and O–H groups in total. The third-order valence-electron chi connectivity index (χ3n) is 6.37. The molecular formula is C30H18F12O. The zero-order valence-corrected chi connectivity index (χ0v) is 21.8. The second-order valence-corrected chi connectivity index (χ2v) is 9.43. The number of hydrogen-bond acceptors (Lipinski definition) is 1. The lowest BCUT2D eigenvalue weighted by Gasteiger charge is -2.21. The molecule has 43 heavy (non-hydrogen) atoms. The minimum Gasteiger partial charge on any atom is -0.429 e. The van der Waals surface area contributed by atoms with Crippen LogP contribution in [-0.2, 0) is 18.7 Å². The standard InChI is InChI=1S/C30H18F12O/c1-2-3-4-14-5-6-18(19(31)7-14)15-8-20(32)26(21(33)9-15)16-10-22(34)28(23(35)11-16)30(41,42)43-17-12-24(36)27(25(37)13-17)29(38,39)40/h5-13H,2-4H2,1H3. The number of alkyl halides is 5. The molecule has 0 aliphatic carbocycles. The number of aryl methyl sites for hydroxylation is 1. The van der Waals surface area contributed by atoms with E-state index in [1.165, 1.54) is 12.1 Å². The maximum Gasteiger partial charge on any atom is 0.432 e. The van der Waals surface area contributed by atoms with Gasteiger partial charge in [-0.05, 0) is 59.9 Å². The quantitative estimate of drug-likeness (QED) is 0.178. The monoisotopic (exact) mass is 622 g/mol. The molecule has 228 valence electrons. The van der Waals surface area contributed by atoms with Crippen molar-refractivity contribution in [3.05, 3.63) is 112 Å². The van der Waals surface area contributed by atoms with E-state index in [4.69, 9.17) is 0 Å². The molecule has 0 amide bonds. The number of rotatable bonds is 8. The lowest BCUT2D eigenvalue weighted by Crippen LogP contribution is -2.25. The molecule has 1 nitrogen and oxygen atoms in total. The SMILES string of the molecule is CCCCc1ccc(-c2cc(F)c(-c3cc(F)c(C(F)(F)Oc4cc(F)c(C(F)(F)F)c(F)c4)c(F)c3)c(F)c2)c(F)c1. The van der Waals surface area contributed by atoms with Crippen LogP contribution in [0.25, 0.3) is 22.3 Å². The molecule has 0 heterocycles. The summed E-state index contributed by atoms with van der Waals surface area (Å²) in [6, 6.07) is 5.14. The third-order valence-corrected chi connectivity index (χ3v) is 6.37. The fraction of sp³-hybridized carbons (Fsp3) is 0.200. The maximum atomic E-state index is 15.0. The van der Waals surface area contributed by atoms with Crippen LogP contribution in [0.3, 0.4) is 0 Å². The summed E-state index contributed by atoms with van der Waals surface area (Å²) in [7, 11) is 0. The number of benzene rings is 4. The van der Waals surface area contributed by atoms with Crippen molar-refractivity contribution in [1.29, 1.82) is 0 Å². The lowest BCUT2D eigenvalue weighted by molar-refractivity contribution is -0.189. The smallest absolute Gasteiger partial charge is 0.429 e. The van der Waals surface area contributed by atoms with E-state index in [1.807, 2.05) is 6.92 Å². The molecule has 4 rings (SSSR count). The van der Waals surface area contributed by atoms with Gasteiger partial charge in [-0.2, -0.15) is 22.0 Å². The van der Waals surface area contributed by atoms with Crippen LogP contribution in [0.2, 0.25) is 0 Å². The van der Waals surface area contributed by atoms with Crippen LogP contribution in [0.15, 0.2) is 54.6 Å². The lowest BCUT2D eigenvalue weighted by atomic mass is 9.96. The topological polar surface area (TPSA) is 9.23 Å². The van der Waals surface area contributed by atoms with Gasteiger partial charge >= 0.3 is 12.3 Å². The third kappa shape index (κ3) is 6.60. The first-order chi connectivity index (χ1) is 20.0. The Morgan fingerprint density at radius 3 is 1.58 bits per heavy atom. The minimum atomic E-state index is -5.53. The molecule has 0 saturated heterocycles. The van der Waals surface area contributed by atoms with E-state index < -0.39 is 81.0 Å². The molecule has 0 aliphatic heterocycles. The number of hydrogen-bond donors (Lipinski definition) is 0. The first-order valence-corrected chi connectivity index (χ1v) is 12.4. The van der Waals surface area contributed by atoms with Crippen LogP contribution < -0.4 is 4.74 Å². The van der Waals surface area contributed by atoms with Crippen molar-refractivity contribution in [3.8, 4) is 28.0 Å². The zero-order chi connectivity index (χ0) is 31.9. The Labute approximate surface area is 236 Å². The predicted molar refractivity (Wildman–Crippen MR) is 132 cm³/mol. The molecule has 0 atom stereocenters. The summed E-state index contributed by atoms with van der Waals surface area (Å²) < 4.78 is 173. The van der Waals surface area contributed by atoms with Crippen molar-refractivity contribution in [2.24, 2.45) is 0 Å². The average Bonchev–Trinajstić information content (AvgIpc) is 2.84. The van der Waals surface area contributed by atoms with Gasteiger partial charge in [0, 0.05) is 17.7 Å². The van der Waals surface area contributed by atoms with E-state index in [2.05, 4.69) is 4.74 Å². The fourth-order valence-corrected chi connectivity index (χ4v) is 4.41. The van der Waals surface area contributed by atoms with E-state index in [1.54, 1.807) is 6.07 Å². The second-order valence-electron chi connectivity index (χ2n) is 9.43. The highest BCUT2D eigenvalue weighted by molar-refractivity contribution is 5.72. The summed E-state index contributed by atoms with van der Waals surface area (Å²) in [6.07, 6.45) is -8.38. The first kappa shape index (κ1) is 31.8. The van der Waals surface area contributed by atoms with Crippen molar-refractivity contribution in [2.45, 2.75) is 38.5 Å². The summed E-state index contributed by atoms with van der Waals surface area (Å²) in [5.74, 6) is -14.1. The van der Waals surface area contributed by atoms with Crippen molar-refractivity contribution in [1.82, 2.24) is 0 Å². The Hall–Kier alpha value is -4.16. The predicted octanol–water partition coefficient (Wildman–Crippen LogP) is 10.5. The van der Waals surface area contributed by atoms with E-state index in [0.717, 1.165) is 12.8 Å². The van der Waals surface area contributed by atoms with Gasteiger partial charge in [0.2, 0.25) is 0 Å². The highest BCUT2D eigenvalue weighted by atomic mass is 19.4. The number of ether oxygens (including phenoxy) is 1. The molecule has 0 aromatic heterocycles. The van der Waals surface area contributed by atoms with Gasteiger partial charge in [0.25, 0.3) is 0 Å². The van der Waals surface area contributed by atoms with Crippen LogP contribution in [0.5, 0.6) is 5.75 Å². The summed E-state index contributed by atoms with van der Waals surface area (Å²) in [4.78, 5) is 0. The highest BCUT2D eigenvalue weighted by Crippen LogP contribution is 2.41. The first-order valence-electron chi connectivity index (χ1n) is 12.4. The van der Waals surface area contributed by atoms with Crippen LogP contribution in [-0.4, -0.2) is 0 Å². The van der Waals surface area contributed by atoms with Crippen LogP contribution >= 0.6 is 0 Å². The maximum absolute atomic E-state index is 15.0. The van der Waals surface area contributed by atoms with Crippen molar-refractivity contribution in [3.63, 3.8) is 0 Å². The highest BCUT2D eigenvalue weighted by Gasteiger charge is 2.43. The van der Waals surface area contributed by atoms with Gasteiger partial charge in [0.05, 0.1) is 5.56 Å². The molecule has 0 radical (unpaired) electrons. The molecule has 0 aliphatic rings. The summed E-state index contributed by atoms with van der Waals surface area (Å²) in [5, 5.41) is 0. The molecule has 4 aromatic rings. The van der Waals surface area contributed by atoms with E-state index in [0.29, 0.717) is 24.1 Å². The zero-order valence-electron chi connectivity index (χ0n) is 21.8. The Morgan fingerprint density at radius 1 is 0.581 bits per heavy atom. The Kier molecular flexibility index (Phi) is 8.75. The summed E-state index contributed by atoms with van der Waals surface area (Å²) in [5.41, 5.74) is -6.30. The van der Waals surface area contributed by atoms with Crippen LogP contribution in [0.1, 0.15) is 36.5 Å². The van der Waals surface area contributed by atoms with Gasteiger partial charge in [0.1, 0.15) is 57.6 Å².